The fourth-order valence-electron chi connectivity index (χ4n) is 8.23. The zero-order valence-corrected chi connectivity index (χ0v) is 17.2. The highest BCUT2D eigenvalue weighted by atomic mass is 32.2. The Morgan fingerprint density at radius 1 is 1.15 bits per heavy atom. The molecular weight excluding hydrogens is 348 g/mol. The Morgan fingerprint density at radius 3 is 2.50 bits per heavy atom. The molecule has 0 aliphatic heterocycles. The van der Waals surface area contributed by atoms with Gasteiger partial charge in [-0.25, -0.2) is 0 Å². The van der Waals surface area contributed by atoms with Crippen molar-refractivity contribution in [2.75, 3.05) is 12.0 Å². The van der Waals surface area contributed by atoms with Crippen molar-refractivity contribution in [1.29, 1.82) is 0 Å². The molecular formula is C21H34O4S. The molecule has 9 unspecified atom stereocenters. The van der Waals surface area contributed by atoms with Gasteiger partial charge in [0.05, 0.1) is 17.8 Å². The maximum atomic E-state index is 12.1. The largest absolute Gasteiger partial charge is 0.617 e. The van der Waals surface area contributed by atoms with Gasteiger partial charge in [-0.15, -0.1) is 0 Å². The zero-order valence-electron chi connectivity index (χ0n) is 16.4. The van der Waals surface area contributed by atoms with Crippen molar-refractivity contribution in [3.8, 4) is 0 Å². The van der Waals surface area contributed by atoms with E-state index in [0.717, 1.165) is 51.4 Å². The van der Waals surface area contributed by atoms with Crippen molar-refractivity contribution in [3.63, 3.8) is 0 Å². The maximum absolute atomic E-state index is 12.1. The standard InChI is InChI=1S/C21H34O4S/c1-19-7-4-8-20(2,18(23)24)15(19)6-10-21-9-5-13(11-16(19)21)14(17(21)22)12-26(3)25/h13-17,22H,4-12H2,1-3H3,(H,23,24). The topological polar surface area (TPSA) is 80.6 Å². The average Bonchev–Trinajstić information content (AvgIpc) is 2.57. The number of aliphatic hydroxyl groups is 1. The fourth-order valence-corrected chi connectivity index (χ4v) is 9.23. The highest BCUT2D eigenvalue weighted by Gasteiger charge is 2.68. The van der Waals surface area contributed by atoms with Gasteiger partial charge in [-0.1, -0.05) is 24.5 Å². The molecule has 5 saturated carbocycles. The van der Waals surface area contributed by atoms with E-state index in [9.17, 15) is 19.6 Å². The highest BCUT2D eigenvalue weighted by Crippen LogP contribution is 2.72. The lowest BCUT2D eigenvalue weighted by molar-refractivity contribution is -0.241. The van der Waals surface area contributed by atoms with Crippen LogP contribution in [0.15, 0.2) is 0 Å². The van der Waals surface area contributed by atoms with Gasteiger partial charge < -0.3 is 14.8 Å². The Labute approximate surface area is 160 Å². The van der Waals surface area contributed by atoms with Crippen LogP contribution in [0.25, 0.3) is 0 Å². The summed E-state index contributed by atoms with van der Waals surface area (Å²) in [7, 11) is 0. The second-order valence-corrected chi connectivity index (χ2v) is 11.8. The van der Waals surface area contributed by atoms with Crippen molar-refractivity contribution in [1.82, 2.24) is 0 Å². The first-order valence-electron chi connectivity index (χ1n) is 10.4. The van der Waals surface area contributed by atoms with E-state index in [1.165, 1.54) is 0 Å². The van der Waals surface area contributed by atoms with Gasteiger partial charge in [0, 0.05) is 11.3 Å². The van der Waals surface area contributed by atoms with E-state index < -0.39 is 22.6 Å². The Hall–Kier alpha value is -0.260. The van der Waals surface area contributed by atoms with Crippen LogP contribution in [0.1, 0.15) is 65.2 Å². The van der Waals surface area contributed by atoms with Crippen LogP contribution in [-0.2, 0) is 16.0 Å². The van der Waals surface area contributed by atoms with E-state index in [4.69, 9.17) is 0 Å². The van der Waals surface area contributed by atoms with E-state index in [1.807, 2.05) is 6.92 Å². The lowest BCUT2D eigenvalue weighted by atomic mass is 9.35. The molecule has 0 saturated heterocycles. The van der Waals surface area contributed by atoms with Gasteiger partial charge >= 0.3 is 5.97 Å². The molecule has 4 nitrogen and oxygen atoms in total. The van der Waals surface area contributed by atoms with Crippen molar-refractivity contribution in [2.24, 2.45) is 39.9 Å². The van der Waals surface area contributed by atoms with Gasteiger partial charge in [0.2, 0.25) is 0 Å². The van der Waals surface area contributed by atoms with E-state index in [0.29, 0.717) is 17.6 Å². The minimum atomic E-state index is -0.876. The molecule has 26 heavy (non-hydrogen) atoms. The summed E-state index contributed by atoms with van der Waals surface area (Å²) in [4.78, 5) is 12.1. The summed E-state index contributed by atoms with van der Waals surface area (Å²) < 4.78 is 11.9. The third-order valence-electron chi connectivity index (χ3n) is 9.40. The van der Waals surface area contributed by atoms with Crippen LogP contribution in [0.2, 0.25) is 0 Å². The van der Waals surface area contributed by atoms with Crippen LogP contribution in [0.4, 0.5) is 0 Å². The number of hydrogen-bond donors (Lipinski definition) is 2. The van der Waals surface area contributed by atoms with Crippen molar-refractivity contribution in [2.45, 2.75) is 71.3 Å². The minimum absolute atomic E-state index is 0.0135. The normalized spacial score (nSPS) is 54.3. The van der Waals surface area contributed by atoms with E-state index in [1.54, 1.807) is 6.26 Å². The molecule has 2 N–H and O–H groups in total. The van der Waals surface area contributed by atoms with Crippen LogP contribution in [-0.4, -0.2) is 38.8 Å². The monoisotopic (exact) mass is 382 g/mol. The second-order valence-electron chi connectivity index (χ2n) is 10.3. The van der Waals surface area contributed by atoms with Crippen molar-refractivity contribution >= 4 is 17.1 Å². The smallest absolute Gasteiger partial charge is 0.309 e. The summed E-state index contributed by atoms with van der Waals surface area (Å²) in [6.07, 6.45) is 9.42. The molecule has 0 amide bonds. The molecule has 5 rings (SSSR count). The number of rotatable bonds is 3. The molecule has 5 aliphatic rings. The summed E-state index contributed by atoms with van der Waals surface area (Å²) in [6.45, 7) is 4.31. The maximum Gasteiger partial charge on any atom is 0.309 e. The van der Waals surface area contributed by atoms with Gasteiger partial charge in [0.15, 0.2) is 0 Å². The summed E-state index contributed by atoms with van der Waals surface area (Å²) in [5.41, 5.74) is -0.680. The molecule has 0 aromatic rings. The predicted octanol–water partition coefficient (Wildman–Crippen LogP) is 3.45. The van der Waals surface area contributed by atoms with Gasteiger partial charge in [-0.3, -0.25) is 4.79 Å². The van der Waals surface area contributed by atoms with E-state index >= 15 is 0 Å². The number of carbonyl (C=O) groups is 1. The predicted molar refractivity (Wildman–Crippen MR) is 102 cm³/mol. The van der Waals surface area contributed by atoms with E-state index in [-0.39, 0.29) is 28.8 Å². The fraction of sp³-hybridized carbons (Fsp3) is 0.952. The summed E-state index contributed by atoms with van der Waals surface area (Å²) in [5, 5.41) is 21.4. The molecule has 2 bridgehead atoms. The number of carboxylic acids is 1. The SMILES string of the molecule is C[S+]([O-])CC1C2CCC3(CCC4C(C)(C(=O)O)CCCC4(C)C3C2)C1O. The molecule has 5 aliphatic carbocycles. The number of carboxylic acid groups (broad SMARTS) is 1. The van der Waals surface area contributed by atoms with Crippen molar-refractivity contribution in [3.05, 3.63) is 0 Å². The average molecular weight is 383 g/mol. The number of aliphatic hydroxyl groups excluding tert-OH is 1. The van der Waals surface area contributed by atoms with Gasteiger partial charge in [0.25, 0.3) is 0 Å². The minimum Gasteiger partial charge on any atom is -0.617 e. The van der Waals surface area contributed by atoms with Crippen LogP contribution in [0, 0.1) is 39.9 Å². The van der Waals surface area contributed by atoms with Crippen molar-refractivity contribution < 1.29 is 19.6 Å². The summed E-state index contributed by atoms with van der Waals surface area (Å²) in [6, 6.07) is 0. The Kier molecular flexibility index (Phi) is 4.49. The number of fused-ring (bicyclic) bond motifs is 3. The molecule has 0 heterocycles. The van der Waals surface area contributed by atoms with Gasteiger partial charge in [0.1, 0.15) is 5.75 Å². The molecule has 148 valence electrons. The van der Waals surface area contributed by atoms with Crippen LogP contribution in [0.3, 0.4) is 0 Å². The molecule has 5 heteroatoms. The first-order valence-corrected chi connectivity index (χ1v) is 12.1. The zero-order chi connectivity index (χ0) is 18.9. The molecule has 5 fully saturated rings. The van der Waals surface area contributed by atoms with Crippen LogP contribution < -0.4 is 0 Å². The van der Waals surface area contributed by atoms with Gasteiger partial charge in [-0.2, -0.15) is 0 Å². The third-order valence-corrected chi connectivity index (χ3v) is 10.3. The van der Waals surface area contributed by atoms with Gasteiger partial charge in [-0.05, 0) is 75.0 Å². The molecule has 0 aromatic carbocycles. The first kappa shape index (κ1) is 19.1. The molecule has 1 spiro atoms. The Balaban J connectivity index is 1.70. The van der Waals surface area contributed by atoms with Crippen LogP contribution in [0.5, 0.6) is 0 Å². The molecule has 0 aromatic heterocycles. The number of aliphatic carboxylic acids is 1. The number of hydrogen-bond acceptors (Lipinski definition) is 3. The first-order chi connectivity index (χ1) is 12.1. The Morgan fingerprint density at radius 2 is 1.85 bits per heavy atom. The summed E-state index contributed by atoms with van der Waals surface area (Å²) >= 11 is -0.876. The van der Waals surface area contributed by atoms with E-state index in [2.05, 4.69) is 6.92 Å². The second kappa shape index (κ2) is 6.12. The summed E-state index contributed by atoms with van der Waals surface area (Å²) in [5.74, 6) is 1.23. The lowest BCUT2D eigenvalue weighted by Crippen LogP contribution is -2.67. The molecule has 0 radical (unpaired) electrons. The molecule has 9 atom stereocenters. The third kappa shape index (κ3) is 2.39. The van der Waals surface area contributed by atoms with Crippen LogP contribution >= 0.6 is 0 Å². The quantitative estimate of drug-likeness (QED) is 0.733. The Bertz CT molecular complexity index is 595. The highest BCUT2D eigenvalue weighted by molar-refractivity contribution is 7.90. The lowest BCUT2D eigenvalue weighted by Gasteiger charge is -2.69.